The molecule has 2 aromatic rings. The number of carbonyl (C=O) groups is 1. The van der Waals surface area contributed by atoms with Crippen LogP contribution in [0.2, 0.25) is 0 Å². The number of methoxy groups -OCH3 is 1. The molecule has 0 aliphatic rings. The van der Waals surface area contributed by atoms with Crippen molar-refractivity contribution in [2.75, 3.05) is 7.11 Å². The molecule has 0 atom stereocenters. The molecule has 1 aromatic carbocycles. The van der Waals surface area contributed by atoms with E-state index in [1.165, 1.54) is 13.2 Å². The molecule has 0 saturated carbocycles. The molecule has 2 rings (SSSR count). The standard InChI is InChI=1S/C12H10O5/c1-6-3-10-7(5-9(6)16-2)4-8(11(13)14)12(15)17-10/h3-5H,1-2H3,(H,13,14). The lowest BCUT2D eigenvalue weighted by Crippen LogP contribution is -2.12. The second kappa shape index (κ2) is 3.93. The molecular weight excluding hydrogens is 224 g/mol. The zero-order valence-corrected chi connectivity index (χ0v) is 9.31. The molecule has 0 aliphatic carbocycles. The van der Waals surface area contributed by atoms with E-state index >= 15 is 0 Å². The minimum atomic E-state index is -1.31. The highest BCUT2D eigenvalue weighted by Crippen LogP contribution is 2.24. The molecule has 0 spiro atoms. The van der Waals surface area contributed by atoms with Gasteiger partial charge in [-0.05, 0) is 30.7 Å². The fourth-order valence-corrected chi connectivity index (χ4v) is 1.62. The number of aryl methyl sites for hydroxylation is 1. The summed E-state index contributed by atoms with van der Waals surface area (Å²) >= 11 is 0. The van der Waals surface area contributed by atoms with Gasteiger partial charge in [-0.2, -0.15) is 0 Å². The molecule has 0 fully saturated rings. The number of hydrogen-bond donors (Lipinski definition) is 1. The number of rotatable bonds is 2. The van der Waals surface area contributed by atoms with Gasteiger partial charge < -0.3 is 14.3 Å². The Hall–Kier alpha value is -2.30. The molecule has 0 amide bonds. The fraction of sp³-hybridized carbons (Fsp3) is 0.167. The molecule has 1 N–H and O–H groups in total. The Kier molecular flexibility index (Phi) is 2.59. The van der Waals surface area contributed by atoms with Crippen molar-refractivity contribution < 1.29 is 19.1 Å². The average molecular weight is 234 g/mol. The van der Waals surface area contributed by atoms with E-state index in [0.717, 1.165) is 5.56 Å². The molecule has 1 heterocycles. The molecule has 0 bridgehead atoms. The molecule has 1 aromatic heterocycles. The topological polar surface area (TPSA) is 76.7 Å². The molecule has 0 aliphatic heterocycles. The number of fused-ring (bicyclic) bond motifs is 1. The van der Waals surface area contributed by atoms with Crippen LogP contribution in [-0.2, 0) is 0 Å². The highest BCUT2D eigenvalue weighted by molar-refractivity contribution is 5.92. The second-order valence-electron chi connectivity index (χ2n) is 3.61. The van der Waals surface area contributed by atoms with Crippen LogP contribution in [0, 0.1) is 6.92 Å². The maximum absolute atomic E-state index is 11.4. The van der Waals surface area contributed by atoms with Gasteiger partial charge in [0.1, 0.15) is 16.9 Å². The highest BCUT2D eigenvalue weighted by atomic mass is 16.5. The zero-order chi connectivity index (χ0) is 12.6. The van der Waals surface area contributed by atoms with Gasteiger partial charge in [0.15, 0.2) is 0 Å². The van der Waals surface area contributed by atoms with E-state index in [9.17, 15) is 9.59 Å². The van der Waals surface area contributed by atoms with Crippen molar-refractivity contribution in [3.8, 4) is 5.75 Å². The van der Waals surface area contributed by atoms with Crippen LogP contribution >= 0.6 is 0 Å². The van der Waals surface area contributed by atoms with Gasteiger partial charge in [0.25, 0.3) is 0 Å². The van der Waals surface area contributed by atoms with Gasteiger partial charge in [0.2, 0.25) is 0 Å². The molecule has 5 nitrogen and oxygen atoms in total. The van der Waals surface area contributed by atoms with Crippen LogP contribution in [0.4, 0.5) is 0 Å². The zero-order valence-electron chi connectivity index (χ0n) is 9.31. The lowest BCUT2D eigenvalue weighted by atomic mass is 10.1. The SMILES string of the molecule is COc1cc2cc(C(=O)O)c(=O)oc2cc1C. The van der Waals surface area contributed by atoms with Gasteiger partial charge in [-0.3, -0.25) is 0 Å². The Balaban J connectivity index is 2.80. The van der Waals surface area contributed by atoms with Crippen molar-refractivity contribution in [2.45, 2.75) is 6.92 Å². The molecule has 0 unspecified atom stereocenters. The molecule has 88 valence electrons. The lowest BCUT2D eigenvalue weighted by Gasteiger charge is -2.06. The normalized spacial score (nSPS) is 10.5. The van der Waals surface area contributed by atoms with Crippen molar-refractivity contribution in [1.82, 2.24) is 0 Å². The Labute approximate surface area is 96.2 Å². The first-order valence-corrected chi connectivity index (χ1v) is 4.88. The minimum Gasteiger partial charge on any atom is -0.496 e. The lowest BCUT2D eigenvalue weighted by molar-refractivity contribution is 0.0692. The third-order valence-corrected chi connectivity index (χ3v) is 2.48. The number of aromatic carboxylic acids is 1. The fourth-order valence-electron chi connectivity index (χ4n) is 1.62. The first kappa shape index (κ1) is 11.2. The summed E-state index contributed by atoms with van der Waals surface area (Å²) in [7, 11) is 1.52. The molecule has 5 heteroatoms. The van der Waals surface area contributed by atoms with Crippen LogP contribution in [0.1, 0.15) is 15.9 Å². The molecule has 0 saturated heterocycles. The monoisotopic (exact) mass is 234 g/mol. The van der Waals surface area contributed by atoms with Crippen molar-refractivity contribution >= 4 is 16.9 Å². The number of carboxylic acid groups (broad SMARTS) is 1. The average Bonchev–Trinajstić information content (AvgIpc) is 2.27. The third kappa shape index (κ3) is 1.87. The van der Waals surface area contributed by atoms with Crippen molar-refractivity contribution in [3.63, 3.8) is 0 Å². The van der Waals surface area contributed by atoms with E-state index in [2.05, 4.69) is 0 Å². The van der Waals surface area contributed by atoms with E-state index in [1.807, 2.05) is 6.92 Å². The third-order valence-electron chi connectivity index (χ3n) is 2.48. The second-order valence-corrected chi connectivity index (χ2v) is 3.61. The van der Waals surface area contributed by atoms with Crippen molar-refractivity contribution in [1.29, 1.82) is 0 Å². The Bertz CT molecular complexity index is 654. The Morgan fingerprint density at radius 3 is 2.65 bits per heavy atom. The summed E-state index contributed by atoms with van der Waals surface area (Å²) in [5.74, 6) is -0.692. The summed E-state index contributed by atoms with van der Waals surface area (Å²) in [5.41, 5.74) is -0.0810. The van der Waals surface area contributed by atoms with Crippen LogP contribution in [0.15, 0.2) is 27.4 Å². The summed E-state index contributed by atoms with van der Waals surface area (Å²) in [4.78, 5) is 22.2. The van der Waals surface area contributed by atoms with E-state index in [-0.39, 0.29) is 5.56 Å². The quantitative estimate of drug-likeness (QED) is 0.802. The Morgan fingerprint density at radius 1 is 1.35 bits per heavy atom. The van der Waals surface area contributed by atoms with E-state index in [1.54, 1.807) is 12.1 Å². The molecular formula is C12H10O5. The van der Waals surface area contributed by atoms with Gasteiger partial charge in [0.05, 0.1) is 7.11 Å². The van der Waals surface area contributed by atoms with Crippen molar-refractivity contribution in [3.05, 3.63) is 39.7 Å². The number of ether oxygens (including phenoxy) is 1. The summed E-state index contributed by atoms with van der Waals surface area (Å²) in [5, 5.41) is 9.33. The summed E-state index contributed by atoms with van der Waals surface area (Å²) in [6.07, 6.45) is 0. The largest absolute Gasteiger partial charge is 0.496 e. The van der Waals surface area contributed by atoms with E-state index in [0.29, 0.717) is 16.7 Å². The minimum absolute atomic E-state index is 0.346. The number of carboxylic acids is 1. The van der Waals surface area contributed by atoms with Gasteiger partial charge >= 0.3 is 11.6 Å². The first-order chi connectivity index (χ1) is 8.02. The summed E-state index contributed by atoms with van der Waals surface area (Å²) < 4.78 is 10.1. The van der Waals surface area contributed by atoms with E-state index in [4.69, 9.17) is 14.3 Å². The van der Waals surface area contributed by atoms with E-state index < -0.39 is 11.6 Å². The van der Waals surface area contributed by atoms with Crippen LogP contribution in [0.3, 0.4) is 0 Å². The Morgan fingerprint density at radius 2 is 2.06 bits per heavy atom. The maximum atomic E-state index is 11.4. The number of benzene rings is 1. The van der Waals surface area contributed by atoms with Crippen LogP contribution in [0.25, 0.3) is 11.0 Å². The summed E-state index contributed by atoms with van der Waals surface area (Å²) in [6.45, 7) is 1.81. The van der Waals surface area contributed by atoms with Gasteiger partial charge in [-0.25, -0.2) is 9.59 Å². The maximum Gasteiger partial charge on any atom is 0.351 e. The van der Waals surface area contributed by atoms with Gasteiger partial charge in [-0.15, -0.1) is 0 Å². The summed E-state index contributed by atoms with van der Waals surface area (Å²) in [6, 6.07) is 4.56. The predicted molar refractivity (Wildman–Crippen MR) is 60.7 cm³/mol. The van der Waals surface area contributed by atoms with Crippen LogP contribution < -0.4 is 10.4 Å². The smallest absolute Gasteiger partial charge is 0.351 e. The first-order valence-electron chi connectivity index (χ1n) is 4.88. The molecule has 0 radical (unpaired) electrons. The predicted octanol–water partition coefficient (Wildman–Crippen LogP) is 1.81. The van der Waals surface area contributed by atoms with Crippen molar-refractivity contribution in [2.24, 2.45) is 0 Å². The van der Waals surface area contributed by atoms with Gasteiger partial charge in [0, 0.05) is 5.39 Å². The van der Waals surface area contributed by atoms with Crippen LogP contribution in [0.5, 0.6) is 5.75 Å². The number of hydrogen-bond acceptors (Lipinski definition) is 4. The van der Waals surface area contributed by atoms with Crippen LogP contribution in [-0.4, -0.2) is 18.2 Å². The molecule has 17 heavy (non-hydrogen) atoms. The van der Waals surface area contributed by atoms with Gasteiger partial charge in [-0.1, -0.05) is 0 Å². The highest BCUT2D eigenvalue weighted by Gasteiger charge is 2.13.